The molecule has 0 atom stereocenters. The zero-order valence-electron chi connectivity index (χ0n) is 18.3. The maximum atomic E-state index is 13.4. The summed E-state index contributed by atoms with van der Waals surface area (Å²) in [4.78, 5) is 8.88. The van der Waals surface area contributed by atoms with E-state index in [1.165, 1.54) is 12.1 Å². The molecule has 0 spiro atoms. The molecule has 8 nitrogen and oxygen atoms in total. The third-order valence-electron chi connectivity index (χ3n) is 5.23. The summed E-state index contributed by atoms with van der Waals surface area (Å²) in [6, 6.07) is 15.6. The molecule has 9 heteroatoms. The number of pyridine rings is 1. The first-order chi connectivity index (χ1) is 16.1. The van der Waals surface area contributed by atoms with E-state index < -0.39 is 0 Å². The van der Waals surface area contributed by atoms with Crippen molar-refractivity contribution in [3.05, 3.63) is 78.6 Å². The second kappa shape index (κ2) is 8.27. The molecule has 1 N–H and O–H groups in total. The monoisotopic (exact) mass is 444 g/mol. The Morgan fingerprint density at radius 1 is 0.939 bits per heavy atom. The van der Waals surface area contributed by atoms with Crippen LogP contribution in [0.15, 0.2) is 67.1 Å². The molecule has 0 unspecified atom stereocenters. The fourth-order valence-electron chi connectivity index (χ4n) is 3.64. The van der Waals surface area contributed by atoms with Gasteiger partial charge in [-0.15, -0.1) is 5.10 Å². The molecule has 0 fully saturated rings. The fraction of sp³-hybridized carbons (Fsp3) is 0.125. The molecule has 5 rings (SSSR count). The van der Waals surface area contributed by atoms with E-state index in [2.05, 4.69) is 20.4 Å². The molecule has 0 amide bonds. The van der Waals surface area contributed by atoms with Gasteiger partial charge >= 0.3 is 0 Å². The quantitative estimate of drug-likeness (QED) is 0.406. The van der Waals surface area contributed by atoms with Gasteiger partial charge in [-0.2, -0.15) is 4.98 Å². The van der Waals surface area contributed by atoms with Crippen molar-refractivity contribution in [1.82, 2.24) is 24.1 Å². The molecule has 0 saturated carbocycles. The van der Waals surface area contributed by atoms with Gasteiger partial charge in [0.15, 0.2) is 11.4 Å². The number of hydrogen-bond acceptors (Lipinski definition) is 6. The van der Waals surface area contributed by atoms with Crippen LogP contribution in [0.4, 0.5) is 16.0 Å². The van der Waals surface area contributed by atoms with Crippen molar-refractivity contribution in [2.45, 2.75) is 6.92 Å². The minimum atomic E-state index is -0.298. The zero-order chi connectivity index (χ0) is 22.9. The number of hydrogen-bond donors (Lipinski definition) is 1. The third-order valence-corrected chi connectivity index (χ3v) is 5.23. The predicted octanol–water partition coefficient (Wildman–Crippen LogP) is 4.79. The Kier molecular flexibility index (Phi) is 5.14. The average molecular weight is 444 g/mol. The Hall–Kier alpha value is -4.40. The summed E-state index contributed by atoms with van der Waals surface area (Å²) in [6.07, 6.45) is 3.67. The van der Waals surface area contributed by atoms with Crippen LogP contribution in [0.5, 0.6) is 11.5 Å². The molecule has 3 aromatic heterocycles. The number of aryl methyl sites for hydroxylation is 1. The Balaban J connectivity index is 1.53. The van der Waals surface area contributed by atoms with E-state index >= 15 is 0 Å². The molecule has 33 heavy (non-hydrogen) atoms. The summed E-state index contributed by atoms with van der Waals surface area (Å²) in [5, 5.41) is 7.85. The van der Waals surface area contributed by atoms with Crippen LogP contribution in [0.3, 0.4) is 0 Å². The number of ether oxygens (including phenoxy) is 2. The summed E-state index contributed by atoms with van der Waals surface area (Å²) < 4.78 is 28.0. The van der Waals surface area contributed by atoms with Gasteiger partial charge in [0, 0.05) is 23.5 Å². The van der Waals surface area contributed by atoms with E-state index in [0.29, 0.717) is 23.1 Å². The molecule has 2 aromatic carbocycles. The molecule has 0 radical (unpaired) electrons. The van der Waals surface area contributed by atoms with E-state index in [9.17, 15) is 4.39 Å². The molecule has 0 aliphatic carbocycles. The van der Waals surface area contributed by atoms with Crippen molar-refractivity contribution in [3.63, 3.8) is 0 Å². The van der Waals surface area contributed by atoms with Crippen LogP contribution in [0.25, 0.3) is 22.6 Å². The summed E-state index contributed by atoms with van der Waals surface area (Å²) in [6.45, 7) is 1.93. The number of rotatable bonds is 6. The second-order valence-electron chi connectivity index (χ2n) is 7.40. The average Bonchev–Trinajstić information content (AvgIpc) is 3.45. The summed E-state index contributed by atoms with van der Waals surface area (Å²) in [5.41, 5.74) is 4.65. The molecule has 166 valence electrons. The van der Waals surface area contributed by atoms with Gasteiger partial charge in [-0.3, -0.25) is 0 Å². The van der Waals surface area contributed by atoms with Crippen molar-refractivity contribution in [2.75, 3.05) is 19.5 Å². The Bertz CT molecular complexity index is 1440. The second-order valence-corrected chi connectivity index (χ2v) is 7.40. The van der Waals surface area contributed by atoms with Crippen LogP contribution in [0.2, 0.25) is 0 Å². The van der Waals surface area contributed by atoms with E-state index in [1.807, 2.05) is 48.0 Å². The van der Waals surface area contributed by atoms with Gasteiger partial charge in [0.25, 0.3) is 0 Å². The highest BCUT2D eigenvalue weighted by Crippen LogP contribution is 2.30. The SMILES string of the molecule is COc1cc(Nc2nc3c(OC)ccc(-c4ccc(F)cc4)n3n2)ccc1-n1cnc(C)c1. The largest absolute Gasteiger partial charge is 0.494 e. The Morgan fingerprint density at radius 3 is 2.42 bits per heavy atom. The zero-order valence-corrected chi connectivity index (χ0v) is 18.3. The van der Waals surface area contributed by atoms with E-state index in [4.69, 9.17) is 9.47 Å². The van der Waals surface area contributed by atoms with Gasteiger partial charge in [0.2, 0.25) is 5.95 Å². The number of aromatic nitrogens is 5. The minimum absolute atomic E-state index is 0.298. The lowest BCUT2D eigenvalue weighted by molar-refractivity contribution is 0.413. The first-order valence-corrected chi connectivity index (χ1v) is 10.2. The maximum absolute atomic E-state index is 13.4. The molecular formula is C24H21FN6O2. The highest BCUT2D eigenvalue weighted by molar-refractivity contribution is 5.69. The maximum Gasteiger partial charge on any atom is 0.247 e. The van der Waals surface area contributed by atoms with Crippen LogP contribution < -0.4 is 14.8 Å². The highest BCUT2D eigenvalue weighted by atomic mass is 19.1. The lowest BCUT2D eigenvalue weighted by Gasteiger charge is -2.11. The van der Waals surface area contributed by atoms with Gasteiger partial charge in [-0.25, -0.2) is 13.9 Å². The van der Waals surface area contributed by atoms with E-state index in [1.54, 1.807) is 37.2 Å². The lowest BCUT2D eigenvalue weighted by Crippen LogP contribution is -1.99. The summed E-state index contributed by atoms with van der Waals surface area (Å²) in [7, 11) is 3.20. The van der Waals surface area contributed by atoms with Gasteiger partial charge in [0.1, 0.15) is 11.6 Å². The number of nitrogens with zero attached hydrogens (tertiary/aromatic N) is 5. The number of benzene rings is 2. The number of imidazole rings is 1. The van der Waals surface area contributed by atoms with Crippen molar-refractivity contribution in [2.24, 2.45) is 0 Å². The topological polar surface area (TPSA) is 78.5 Å². The number of halogens is 1. The number of fused-ring (bicyclic) bond motifs is 1. The molecule has 3 heterocycles. The Morgan fingerprint density at radius 2 is 1.73 bits per heavy atom. The normalized spacial score (nSPS) is 11.0. The van der Waals surface area contributed by atoms with Crippen molar-refractivity contribution in [3.8, 4) is 28.4 Å². The highest BCUT2D eigenvalue weighted by Gasteiger charge is 2.15. The van der Waals surface area contributed by atoms with Crippen LogP contribution >= 0.6 is 0 Å². The standard InChI is InChI=1S/C24H21FN6O2/c1-15-13-30(14-26-15)20-9-8-18(12-22(20)33-3)27-24-28-23-21(32-2)11-10-19(31(23)29-24)16-4-6-17(25)7-5-16/h4-14H,1-3H3,(H,27,29). The predicted molar refractivity (Wildman–Crippen MR) is 123 cm³/mol. The van der Waals surface area contributed by atoms with Crippen LogP contribution in [-0.2, 0) is 0 Å². The number of nitrogens with one attached hydrogen (secondary N) is 1. The third kappa shape index (κ3) is 3.84. The summed E-state index contributed by atoms with van der Waals surface area (Å²) >= 11 is 0. The molecule has 0 bridgehead atoms. The smallest absolute Gasteiger partial charge is 0.247 e. The Labute approximate surface area is 189 Å². The van der Waals surface area contributed by atoms with Crippen LogP contribution in [0.1, 0.15) is 5.69 Å². The molecule has 5 aromatic rings. The molecule has 0 aliphatic rings. The number of methoxy groups -OCH3 is 2. The molecular weight excluding hydrogens is 423 g/mol. The minimum Gasteiger partial charge on any atom is -0.494 e. The van der Waals surface area contributed by atoms with Gasteiger partial charge in [-0.05, 0) is 55.5 Å². The van der Waals surface area contributed by atoms with Crippen LogP contribution in [0, 0.1) is 12.7 Å². The summed E-state index contributed by atoms with van der Waals surface area (Å²) in [5.74, 6) is 1.33. The van der Waals surface area contributed by atoms with Crippen LogP contribution in [-0.4, -0.2) is 38.4 Å². The number of anilines is 2. The van der Waals surface area contributed by atoms with E-state index in [0.717, 1.165) is 28.3 Å². The van der Waals surface area contributed by atoms with Gasteiger partial charge in [-0.1, -0.05) is 0 Å². The van der Waals surface area contributed by atoms with E-state index in [-0.39, 0.29) is 5.82 Å². The first-order valence-electron chi connectivity index (χ1n) is 10.2. The fourth-order valence-corrected chi connectivity index (χ4v) is 3.64. The molecule has 0 aliphatic heterocycles. The van der Waals surface area contributed by atoms with Gasteiger partial charge in [0.05, 0.1) is 37.6 Å². The molecule has 0 saturated heterocycles. The first kappa shape index (κ1) is 20.5. The van der Waals surface area contributed by atoms with Crippen molar-refractivity contribution < 1.29 is 13.9 Å². The van der Waals surface area contributed by atoms with Crippen molar-refractivity contribution >= 4 is 17.3 Å². The lowest BCUT2D eigenvalue weighted by atomic mass is 10.1. The van der Waals surface area contributed by atoms with Crippen molar-refractivity contribution in [1.29, 1.82) is 0 Å². The van der Waals surface area contributed by atoms with Gasteiger partial charge < -0.3 is 19.4 Å².